The number of rotatable bonds is 4. The van der Waals surface area contributed by atoms with E-state index in [1.54, 1.807) is 43.5 Å². The fraction of sp³-hybridized carbons (Fsp3) is 0.200. The van der Waals surface area contributed by atoms with Crippen molar-refractivity contribution in [1.82, 2.24) is 0 Å². The first-order valence-electron chi connectivity index (χ1n) is 8.08. The van der Waals surface area contributed by atoms with Crippen molar-refractivity contribution in [3.05, 3.63) is 53.1 Å². The van der Waals surface area contributed by atoms with E-state index in [1.807, 2.05) is 19.1 Å². The van der Waals surface area contributed by atoms with E-state index in [0.29, 0.717) is 30.4 Å². The Morgan fingerprint density at radius 2 is 1.96 bits per heavy atom. The molecule has 0 atom stereocenters. The number of aryl methyl sites for hydroxylation is 1. The van der Waals surface area contributed by atoms with Crippen LogP contribution in [0.25, 0.3) is 6.08 Å². The largest absolute Gasteiger partial charge is 0.496 e. The van der Waals surface area contributed by atoms with E-state index in [-0.39, 0.29) is 5.57 Å². The highest BCUT2D eigenvalue weighted by atomic mass is 16.6. The molecule has 0 radical (unpaired) electrons. The summed E-state index contributed by atoms with van der Waals surface area (Å²) in [7, 11) is 1.60. The number of amides is 1. The number of nitrogens with one attached hydrogen (secondary N) is 1. The number of hydrogen-bond donors (Lipinski definition) is 1. The average molecular weight is 350 g/mol. The van der Waals surface area contributed by atoms with Crippen LogP contribution in [0.3, 0.4) is 0 Å². The first-order valence-corrected chi connectivity index (χ1v) is 8.08. The van der Waals surface area contributed by atoms with Crippen LogP contribution in [-0.4, -0.2) is 26.2 Å². The van der Waals surface area contributed by atoms with Gasteiger partial charge >= 0.3 is 0 Å². The molecule has 0 saturated carbocycles. The zero-order valence-electron chi connectivity index (χ0n) is 14.5. The van der Waals surface area contributed by atoms with Gasteiger partial charge in [-0.3, -0.25) is 4.79 Å². The molecule has 3 rings (SSSR count). The quantitative estimate of drug-likeness (QED) is 0.676. The minimum Gasteiger partial charge on any atom is -0.496 e. The highest BCUT2D eigenvalue weighted by molar-refractivity contribution is 6.09. The summed E-state index contributed by atoms with van der Waals surface area (Å²) in [5, 5.41) is 12.1. The SMILES string of the molecule is COc1ccc(/C=C(\C#N)C(=O)Nc2ccc3c(c2)OCCO3)cc1C. The predicted molar refractivity (Wildman–Crippen MR) is 97.4 cm³/mol. The first-order chi connectivity index (χ1) is 12.6. The number of ether oxygens (including phenoxy) is 3. The highest BCUT2D eigenvalue weighted by Crippen LogP contribution is 2.32. The number of anilines is 1. The maximum absolute atomic E-state index is 12.4. The van der Waals surface area contributed by atoms with E-state index >= 15 is 0 Å². The smallest absolute Gasteiger partial charge is 0.266 e. The lowest BCUT2D eigenvalue weighted by molar-refractivity contribution is -0.112. The molecule has 0 aliphatic carbocycles. The molecule has 0 aromatic heterocycles. The molecule has 0 unspecified atom stereocenters. The molecule has 2 aromatic carbocycles. The van der Waals surface area contributed by atoms with Gasteiger partial charge in [0.05, 0.1) is 7.11 Å². The van der Waals surface area contributed by atoms with Gasteiger partial charge in [-0.1, -0.05) is 6.07 Å². The molecule has 1 amide bonds. The van der Waals surface area contributed by atoms with E-state index in [1.165, 1.54) is 0 Å². The van der Waals surface area contributed by atoms with Crippen LogP contribution in [0.15, 0.2) is 42.0 Å². The first kappa shape index (κ1) is 17.4. The van der Waals surface area contributed by atoms with Crippen molar-refractivity contribution < 1.29 is 19.0 Å². The van der Waals surface area contributed by atoms with E-state index in [9.17, 15) is 10.1 Å². The van der Waals surface area contributed by atoms with Crippen LogP contribution in [0, 0.1) is 18.3 Å². The van der Waals surface area contributed by atoms with E-state index in [2.05, 4.69) is 5.32 Å². The molecule has 1 heterocycles. The Morgan fingerprint density at radius 1 is 1.19 bits per heavy atom. The summed E-state index contributed by atoms with van der Waals surface area (Å²) in [6.07, 6.45) is 1.54. The van der Waals surface area contributed by atoms with E-state index in [4.69, 9.17) is 14.2 Å². The normalized spacial score (nSPS) is 12.9. The molecular weight excluding hydrogens is 332 g/mol. The summed E-state index contributed by atoms with van der Waals surface area (Å²) in [4.78, 5) is 12.4. The van der Waals surface area contributed by atoms with Crippen molar-refractivity contribution in [2.45, 2.75) is 6.92 Å². The maximum atomic E-state index is 12.4. The molecular formula is C20H18N2O4. The Morgan fingerprint density at radius 3 is 2.65 bits per heavy atom. The van der Waals surface area contributed by atoms with Crippen molar-refractivity contribution in [3.8, 4) is 23.3 Å². The van der Waals surface area contributed by atoms with Gasteiger partial charge in [0.2, 0.25) is 0 Å². The molecule has 1 aliphatic rings. The number of methoxy groups -OCH3 is 1. The van der Waals surface area contributed by atoms with E-state index in [0.717, 1.165) is 16.9 Å². The number of nitrogens with zero attached hydrogens (tertiary/aromatic N) is 1. The minimum absolute atomic E-state index is 0.00413. The number of fused-ring (bicyclic) bond motifs is 1. The second-order valence-corrected chi connectivity index (χ2v) is 5.71. The molecule has 0 fully saturated rings. The number of benzene rings is 2. The van der Waals surface area contributed by atoms with Crippen molar-refractivity contribution in [2.24, 2.45) is 0 Å². The van der Waals surface area contributed by atoms with Crippen molar-refractivity contribution >= 4 is 17.7 Å². The van der Waals surface area contributed by atoms with Crippen LogP contribution in [0.5, 0.6) is 17.2 Å². The number of carbonyl (C=O) groups is 1. The molecule has 0 spiro atoms. The number of carbonyl (C=O) groups excluding carboxylic acids is 1. The van der Waals surface area contributed by atoms with Gasteiger partial charge in [0.15, 0.2) is 11.5 Å². The van der Waals surface area contributed by atoms with Gasteiger partial charge in [-0.25, -0.2) is 0 Å². The molecule has 1 aliphatic heterocycles. The van der Waals surface area contributed by atoms with Crippen molar-refractivity contribution in [1.29, 1.82) is 5.26 Å². The van der Waals surface area contributed by atoms with Crippen molar-refractivity contribution in [2.75, 3.05) is 25.6 Å². The fourth-order valence-corrected chi connectivity index (χ4v) is 2.63. The van der Waals surface area contributed by atoms with Gasteiger partial charge < -0.3 is 19.5 Å². The topological polar surface area (TPSA) is 80.6 Å². The van der Waals surface area contributed by atoms with Crippen LogP contribution >= 0.6 is 0 Å². The second kappa shape index (κ2) is 7.62. The standard InChI is InChI=1S/C20H18N2O4/c1-13-9-14(3-5-17(13)24-2)10-15(12-21)20(23)22-16-4-6-18-19(11-16)26-8-7-25-18/h3-6,9-11H,7-8H2,1-2H3,(H,22,23)/b15-10+. The molecule has 1 N–H and O–H groups in total. The summed E-state index contributed by atoms with van der Waals surface area (Å²) < 4.78 is 16.2. The minimum atomic E-state index is -0.488. The average Bonchev–Trinajstić information content (AvgIpc) is 2.66. The zero-order valence-corrected chi connectivity index (χ0v) is 14.5. The molecule has 6 heteroatoms. The summed E-state index contributed by atoms with van der Waals surface area (Å²) >= 11 is 0. The number of hydrogen-bond acceptors (Lipinski definition) is 5. The van der Waals surface area contributed by atoms with Crippen molar-refractivity contribution in [3.63, 3.8) is 0 Å². The second-order valence-electron chi connectivity index (χ2n) is 5.71. The third-order valence-electron chi connectivity index (χ3n) is 3.90. The van der Waals surface area contributed by atoms with Gasteiger partial charge in [0.25, 0.3) is 5.91 Å². The Balaban J connectivity index is 1.79. The summed E-state index contributed by atoms with van der Waals surface area (Å²) in [6, 6.07) is 12.5. The predicted octanol–water partition coefficient (Wildman–Crippen LogP) is 3.32. The Hall–Kier alpha value is -3.46. The molecule has 0 saturated heterocycles. The third kappa shape index (κ3) is 3.78. The summed E-state index contributed by atoms with van der Waals surface area (Å²) in [6.45, 7) is 2.86. The van der Waals surface area contributed by atoms with Crippen LogP contribution in [0.1, 0.15) is 11.1 Å². The Kier molecular flexibility index (Phi) is 5.09. The number of nitriles is 1. The van der Waals surface area contributed by atoms with Crippen LogP contribution in [0.4, 0.5) is 5.69 Å². The van der Waals surface area contributed by atoms with Crippen LogP contribution in [0.2, 0.25) is 0 Å². The summed E-state index contributed by atoms with van der Waals surface area (Å²) in [5.74, 6) is 1.47. The lowest BCUT2D eigenvalue weighted by Crippen LogP contribution is -2.17. The third-order valence-corrected chi connectivity index (χ3v) is 3.90. The van der Waals surface area contributed by atoms with Gasteiger partial charge in [-0.2, -0.15) is 5.26 Å². The Labute approximate surface area is 151 Å². The zero-order chi connectivity index (χ0) is 18.5. The highest BCUT2D eigenvalue weighted by Gasteiger charge is 2.14. The molecule has 132 valence electrons. The van der Waals surface area contributed by atoms with Crippen LogP contribution < -0.4 is 19.5 Å². The lowest BCUT2D eigenvalue weighted by atomic mass is 10.1. The Bertz CT molecular complexity index is 913. The van der Waals surface area contributed by atoms with Gasteiger partial charge in [-0.15, -0.1) is 0 Å². The van der Waals surface area contributed by atoms with Gasteiger partial charge in [0, 0.05) is 11.8 Å². The van der Waals surface area contributed by atoms with Gasteiger partial charge in [0.1, 0.15) is 30.6 Å². The maximum Gasteiger partial charge on any atom is 0.266 e. The lowest BCUT2D eigenvalue weighted by Gasteiger charge is -2.18. The van der Waals surface area contributed by atoms with Gasteiger partial charge in [-0.05, 0) is 48.4 Å². The molecule has 0 bridgehead atoms. The summed E-state index contributed by atoms with van der Waals surface area (Å²) in [5.41, 5.74) is 2.21. The fourth-order valence-electron chi connectivity index (χ4n) is 2.63. The van der Waals surface area contributed by atoms with E-state index < -0.39 is 5.91 Å². The molecule has 2 aromatic rings. The molecule has 26 heavy (non-hydrogen) atoms. The molecule has 6 nitrogen and oxygen atoms in total. The van der Waals surface area contributed by atoms with Crippen LogP contribution in [-0.2, 0) is 4.79 Å². The monoisotopic (exact) mass is 350 g/mol.